The van der Waals surface area contributed by atoms with Crippen LogP contribution in [0.5, 0.6) is 0 Å². The summed E-state index contributed by atoms with van der Waals surface area (Å²) in [5.41, 5.74) is 3.71. The van der Waals surface area contributed by atoms with Gasteiger partial charge < -0.3 is 4.90 Å². The fourth-order valence-corrected chi connectivity index (χ4v) is 3.75. The molecule has 4 rings (SSSR count). The summed E-state index contributed by atoms with van der Waals surface area (Å²) in [7, 11) is 2.19. The number of fused-ring (bicyclic) bond motifs is 1. The maximum atomic E-state index is 4.71. The number of hydrogen-bond acceptors (Lipinski definition) is 4. The Kier molecular flexibility index (Phi) is 3.48. The van der Waals surface area contributed by atoms with Crippen LogP contribution in [0, 0.1) is 6.92 Å². The van der Waals surface area contributed by atoms with E-state index in [0.29, 0.717) is 6.04 Å². The third kappa shape index (κ3) is 2.35. The summed E-state index contributed by atoms with van der Waals surface area (Å²) < 4.78 is 2.15. The van der Waals surface area contributed by atoms with Gasteiger partial charge in [0.2, 0.25) is 0 Å². The van der Waals surface area contributed by atoms with Crippen molar-refractivity contribution in [2.45, 2.75) is 51.5 Å². The number of aromatic amines is 1. The van der Waals surface area contributed by atoms with Crippen molar-refractivity contribution in [3.05, 3.63) is 17.1 Å². The average molecular weight is 300 g/mol. The summed E-state index contributed by atoms with van der Waals surface area (Å²) in [5, 5.41) is 12.5. The SMILES string of the molecule is Cc1nc(-c2n[nH]c3c2CCCC3)n(C2CCN(C)CC2)n1. The second-order valence-electron chi connectivity index (χ2n) is 6.70. The molecule has 118 valence electrons. The third-order valence-electron chi connectivity index (χ3n) is 5.04. The quantitative estimate of drug-likeness (QED) is 0.923. The Labute approximate surface area is 130 Å². The van der Waals surface area contributed by atoms with Gasteiger partial charge in [-0.3, -0.25) is 5.10 Å². The molecule has 1 aliphatic carbocycles. The van der Waals surface area contributed by atoms with Crippen molar-refractivity contribution in [2.75, 3.05) is 20.1 Å². The minimum atomic E-state index is 0.448. The van der Waals surface area contributed by atoms with Crippen LogP contribution in [0.25, 0.3) is 11.5 Å². The first-order chi connectivity index (χ1) is 10.7. The van der Waals surface area contributed by atoms with Crippen LogP contribution in [0.1, 0.15) is 48.8 Å². The molecule has 1 fully saturated rings. The van der Waals surface area contributed by atoms with Crippen molar-refractivity contribution < 1.29 is 0 Å². The minimum absolute atomic E-state index is 0.448. The predicted octanol–water partition coefficient (Wildman–Crippen LogP) is 2.12. The highest BCUT2D eigenvalue weighted by atomic mass is 15.4. The number of rotatable bonds is 2. The molecule has 1 N–H and O–H groups in total. The molecular formula is C16H24N6. The fraction of sp³-hybridized carbons (Fsp3) is 0.688. The molecule has 0 atom stereocenters. The van der Waals surface area contributed by atoms with Crippen molar-refractivity contribution >= 4 is 0 Å². The summed E-state index contributed by atoms with van der Waals surface area (Å²) in [4.78, 5) is 7.10. The van der Waals surface area contributed by atoms with Crippen molar-refractivity contribution in [3.63, 3.8) is 0 Å². The largest absolute Gasteiger partial charge is 0.306 e. The lowest BCUT2D eigenvalue weighted by atomic mass is 9.95. The predicted molar refractivity (Wildman–Crippen MR) is 84.8 cm³/mol. The van der Waals surface area contributed by atoms with E-state index in [1.165, 1.54) is 24.1 Å². The molecule has 0 bridgehead atoms. The number of hydrogen-bond donors (Lipinski definition) is 1. The second kappa shape index (κ2) is 5.50. The van der Waals surface area contributed by atoms with Gasteiger partial charge in [-0.2, -0.15) is 10.2 Å². The molecule has 1 aliphatic heterocycles. The van der Waals surface area contributed by atoms with Gasteiger partial charge in [-0.15, -0.1) is 0 Å². The van der Waals surface area contributed by atoms with Crippen LogP contribution in [-0.2, 0) is 12.8 Å². The van der Waals surface area contributed by atoms with E-state index in [2.05, 4.69) is 26.8 Å². The third-order valence-corrected chi connectivity index (χ3v) is 5.04. The molecule has 2 aromatic rings. The zero-order valence-corrected chi connectivity index (χ0v) is 13.5. The number of aromatic nitrogens is 5. The van der Waals surface area contributed by atoms with Crippen LogP contribution < -0.4 is 0 Å². The Morgan fingerprint density at radius 3 is 2.73 bits per heavy atom. The Hall–Kier alpha value is -1.69. The van der Waals surface area contributed by atoms with E-state index in [0.717, 1.165) is 56.1 Å². The summed E-state index contributed by atoms with van der Waals surface area (Å²) in [5.74, 6) is 1.81. The van der Waals surface area contributed by atoms with Crippen molar-refractivity contribution in [1.82, 2.24) is 29.9 Å². The van der Waals surface area contributed by atoms with Crippen LogP contribution in [-0.4, -0.2) is 50.0 Å². The summed E-state index contributed by atoms with van der Waals surface area (Å²) >= 11 is 0. The molecule has 0 radical (unpaired) electrons. The van der Waals surface area contributed by atoms with Crippen LogP contribution in [0.3, 0.4) is 0 Å². The average Bonchev–Trinajstić information content (AvgIpc) is 3.11. The smallest absolute Gasteiger partial charge is 0.179 e. The molecule has 0 saturated carbocycles. The topological polar surface area (TPSA) is 62.6 Å². The van der Waals surface area contributed by atoms with E-state index in [9.17, 15) is 0 Å². The molecule has 0 aromatic carbocycles. The Morgan fingerprint density at radius 2 is 1.91 bits per heavy atom. The summed E-state index contributed by atoms with van der Waals surface area (Å²) in [6.45, 7) is 4.23. The van der Waals surface area contributed by atoms with Gasteiger partial charge in [0.1, 0.15) is 11.5 Å². The minimum Gasteiger partial charge on any atom is -0.306 e. The zero-order chi connectivity index (χ0) is 15.1. The molecule has 1 saturated heterocycles. The van der Waals surface area contributed by atoms with Gasteiger partial charge in [-0.05, 0) is 65.6 Å². The van der Waals surface area contributed by atoms with Gasteiger partial charge in [0.25, 0.3) is 0 Å². The number of nitrogens with zero attached hydrogens (tertiary/aromatic N) is 5. The number of aryl methyl sites for hydroxylation is 2. The fourth-order valence-electron chi connectivity index (χ4n) is 3.75. The van der Waals surface area contributed by atoms with Crippen LogP contribution in [0.15, 0.2) is 0 Å². The standard InChI is InChI=1S/C16H24N6/c1-11-17-16(15-13-5-3-4-6-14(13)18-19-15)22(20-11)12-7-9-21(2)10-8-12/h12H,3-10H2,1-2H3,(H,18,19). The van der Waals surface area contributed by atoms with E-state index in [1.54, 1.807) is 0 Å². The lowest BCUT2D eigenvalue weighted by Crippen LogP contribution is -2.32. The van der Waals surface area contributed by atoms with Gasteiger partial charge >= 0.3 is 0 Å². The molecular weight excluding hydrogens is 276 g/mol. The normalized spacial score (nSPS) is 20.3. The second-order valence-corrected chi connectivity index (χ2v) is 6.70. The first-order valence-electron chi connectivity index (χ1n) is 8.40. The monoisotopic (exact) mass is 300 g/mol. The molecule has 6 nitrogen and oxygen atoms in total. The number of H-pyrrole nitrogens is 1. The highest BCUT2D eigenvalue weighted by Gasteiger charge is 2.27. The first kappa shape index (κ1) is 13.9. The van der Waals surface area contributed by atoms with Crippen LogP contribution in [0.4, 0.5) is 0 Å². The summed E-state index contributed by atoms with van der Waals surface area (Å²) in [6, 6.07) is 0.448. The number of likely N-dealkylation sites (tertiary alicyclic amines) is 1. The van der Waals surface area contributed by atoms with E-state index in [1.807, 2.05) is 6.92 Å². The van der Waals surface area contributed by atoms with Crippen molar-refractivity contribution in [3.8, 4) is 11.5 Å². The van der Waals surface area contributed by atoms with Gasteiger partial charge in [-0.25, -0.2) is 9.67 Å². The Bertz CT molecular complexity index is 662. The molecule has 2 aliphatic rings. The molecule has 6 heteroatoms. The number of nitrogens with one attached hydrogen (secondary N) is 1. The van der Waals surface area contributed by atoms with E-state index < -0.39 is 0 Å². The van der Waals surface area contributed by atoms with Crippen LogP contribution in [0.2, 0.25) is 0 Å². The maximum Gasteiger partial charge on any atom is 0.179 e. The van der Waals surface area contributed by atoms with Crippen molar-refractivity contribution in [2.24, 2.45) is 0 Å². The van der Waals surface area contributed by atoms with Crippen LogP contribution >= 0.6 is 0 Å². The lowest BCUT2D eigenvalue weighted by molar-refractivity contribution is 0.213. The Balaban J connectivity index is 1.72. The number of piperidine rings is 1. The Morgan fingerprint density at radius 1 is 1.14 bits per heavy atom. The maximum absolute atomic E-state index is 4.71. The highest BCUT2D eigenvalue weighted by molar-refractivity contribution is 5.57. The van der Waals surface area contributed by atoms with E-state index in [4.69, 9.17) is 10.1 Å². The van der Waals surface area contributed by atoms with Gasteiger partial charge in [-0.1, -0.05) is 0 Å². The zero-order valence-electron chi connectivity index (χ0n) is 13.5. The molecule has 3 heterocycles. The highest BCUT2D eigenvalue weighted by Crippen LogP contribution is 2.31. The lowest BCUT2D eigenvalue weighted by Gasteiger charge is -2.29. The van der Waals surface area contributed by atoms with Crippen molar-refractivity contribution in [1.29, 1.82) is 0 Å². The van der Waals surface area contributed by atoms with Gasteiger partial charge in [0, 0.05) is 11.3 Å². The van der Waals surface area contributed by atoms with Gasteiger partial charge in [0.05, 0.1) is 6.04 Å². The summed E-state index contributed by atoms with van der Waals surface area (Å²) in [6.07, 6.45) is 7.01. The van der Waals surface area contributed by atoms with Gasteiger partial charge in [0.15, 0.2) is 5.82 Å². The molecule has 22 heavy (non-hydrogen) atoms. The molecule has 0 amide bonds. The van der Waals surface area contributed by atoms with E-state index in [-0.39, 0.29) is 0 Å². The molecule has 0 spiro atoms. The van der Waals surface area contributed by atoms with E-state index >= 15 is 0 Å². The first-order valence-corrected chi connectivity index (χ1v) is 8.40. The molecule has 2 aromatic heterocycles. The molecule has 0 unspecified atom stereocenters.